The fourth-order valence-electron chi connectivity index (χ4n) is 5.08. The van der Waals surface area contributed by atoms with E-state index in [-0.39, 0.29) is 17.4 Å². The van der Waals surface area contributed by atoms with Gasteiger partial charge in [-0.2, -0.15) is 13.2 Å². The molecule has 1 aliphatic carbocycles. The van der Waals surface area contributed by atoms with Crippen LogP contribution in [0.3, 0.4) is 0 Å². The number of carbonyl (C=O) groups excluding carboxylic acids is 1. The van der Waals surface area contributed by atoms with Gasteiger partial charge in [0.25, 0.3) is 10.0 Å². The molecule has 4 rings (SSSR count). The third kappa shape index (κ3) is 6.56. The van der Waals surface area contributed by atoms with Crippen LogP contribution in [-0.4, -0.2) is 32.4 Å². The molecular formula is C28H25BrF4N2O5S. The van der Waals surface area contributed by atoms with E-state index in [1.807, 2.05) is 0 Å². The number of nitrogens with one attached hydrogen (secondary N) is 1. The van der Waals surface area contributed by atoms with Gasteiger partial charge in [0.15, 0.2) is 0 Å². The highest BCUT2D eigenvalue weighted by molar-refractivity contribution is 9.10. The van der Waals surface area contributed by atoms with Crippen LogP contribution in [0.25, 0.3) is 0 Å². The molecule has 0 aliphatic heterocycles. The Kier molecular flexibility index (Phi) is 8.78. The predicted molar refractivity (Wildman–Crippen MR) is 147 cm³/mol. The molecule has 1 aliphatic rings. The van der Waals surface area contributed by atoms with Crippen LogP contribution in [0, 0.1) is 17.7 Å². The summed E-state index contributed by atoms with van der Waals surface area (Å²) in [4.78, 5) is 25.5. The van der Waals surface area contributed by atoms with E-state index in [1.54, 1.807) is 36.4 Å². The first kappa shape index (κ1) is 30.5. The zero-order valence-corrected chi connectivity index (χ0v) is 23.9. The molecular weight excluding hydrogens is 632 g/mol. The zero-order chi connectivity index (χ0) is 30.1. The number of nitrogens with zero attached hydrogens (tertiary/aromatic N) is 1. The number of sulfonamides is 1. The van der Waals surface area contributed by atoms with Crippen LogP contribution < -0.4 is 9.62 Å². The summed E-state index contributed by atoms with van der Waals surface area (Å²) in [7, 11) is -2.48. The van der Waals surface area contributed by atoms with Crippen molar-refractivity contribution in [1.82, 2.24) is 0 Å². The Morgan fingerprint density at radius 2 is 1.71 bits per heavy atom. The molecule has 218 valence electrons. The number of anilines is 2. The van der Waals surface area contributed by atoms with Crippen molar-refractivity contribution in [3.8, 4) is 0 Å². The van der Waals surface area contributed by atoms with Gasteiger partial charge < -0.3 is 10.4 Å². The molecule has 1 fully saturated rings. The Balaban J connectivity index is 1.55. The number of hydrogen-bond acceptors (Lipinski definition) is 4. The van der Waals surface area contributed by atoms with Crippen molar-refractivity contribution in [3.63, 3.8) is 0 Å². The molecule has 0 heterocycles. The number of halogens is 5. The number of benzene rings is 3. The normalized spacial score (nSPS) is 19.4. The molecule has 2 N–H and O–H groups in total. The summed E-state index contributed by atoms with van der Waals surface area (Å²) >= 11 is 3.26. The van der Waals surface area contributed by atoms with E-state index in [9.17, 15) is 40.7 Å². The fourth-order valence-corrected chi connectivity index (χ4v) is 6.88. The van der Waals surface area contributed by atoms with Crippen LogP contribution in [0.5, 0.6) is 0 Å². The Hall–Kier alpha value is -3.45. The molecule has 0 bridgehead atoms. The maximum Gasteiger partial charge on any atom is 0.416 e. The Labute approximate surface area is 242 Å². The first-order chi connectivity index (χ1) is 19.2. The fraction of sp³-hybridized carbons (Fsp3) is 0.286. The lowest BCUT2D eigenvalue weighted by Crippen LogP contribution is -2.40. The molecule has 0 saturated heterocycles. The summed E-state index contributed by atoms with van der Waals surface area (Å²) < 4.78 is 80.8. The summed E-state index contributed by atoms with van der Waals surface area (Å²) in [6, 6.07) is 14.2. The van der Waals surface area contributed by atoms with Gasteiger partial charge in [-0.05, 0) is 72.9 Å². The Morgan fingerprint density at radius 3 is 2.29 bits per heavy atom. The summed E-state index contributed by atoms with van der Waals surface area (Å²) in [5, 5.41) is 12.3. The number of carboxylic acids is 1. The van der Waals surface area contributed by atoms with Gasteiger partial charge in [-0.1, -0.05) is 40.5 Å². The minimum atomic E-state index is -4.76. The summed E-state index contributed by atoms with van der Waals surface area (Å²) in [5.41, 5.74) is -0.780. The van der Waals surface area contributed by atoms with Crippen molar-refractivity contribution in [3.05, 3.63) is 88.1 Å². The molecule has 13 heteroatoms. The second-order valence-corrected chi connectivity index (χ2v) is 12.6. The minimum absolute atomic E-state index is 0.0787. The molecule has 41 heavy (non-hydrogen) atoms. The summed E-state index contributed by atoms with van der Waals surface area (Å²) in [6.07, 6.45) is -3.67. The monoisotopic (exact) mass is 656 g/mol. The maximum atomic E-state index is 14.3. The quantitative estimate of drug-likeness (QED) is 0.277. The molecule has 3 aromatic carbocycles. The number of hydrogen-bond donors (Lipinski definition) is 2. The zero-order valence-electron chi connectivity index (χ0n) is 21.5. The largest absolute Gasteiger partial charge is 0.481 e. The van der Waals surface area contributed by atoms with Gasteiger partial charge in [0.2, 0.25) is 5.91 Å². The first-order valence-corrected chi connectivity index (χ1v) is 14.7. The van der Waals surface area contributed by atoms with Crippen LogP contribution in [0.4, 0.5) is 28.9 Å². The van der Waals surface area contributed by atoms with E-state index < -0.39 is 62.9 Å². The molecule has 0 aromatic heterocycles. The number of alkyl halides is 3. The van der Waals surface area contributed by atoms with E-state index in [0.29, 0.717) is 34.6 Å². The Bertz CT molecular complexity index is 1560. The topological polar surface area (TPSA) is 104 Å². The van der Waals surface area contributed by atoms with E-state index in [4.69, 9.17) is 0 Å². The van der Waals surface area contributed by atoms with E-state index in [1.165, 1.54) is 19.2 Å². The van der Waals surface area contributed by atoms with Crippen molar-refractivity contribution in [2.75, 3.05) is 16.7 Å². The number of amides is 1. The maximum absolute atomic E-state index is 14.3. The summed E-state index contributed by atoms with van der Waals surface area (Å²) in [5.74, 6) is -6.23. The van der Waals surface area contributed by atoms with Crippen LogP contribution in [0.1, 0.15) is 36.3 Å². The van der Waals surface area contributed by atoms with Crippen LogP contribution in [-0.2, 0) is 25.8 Å². The van der Waals surface area contributed by atoms with Gasteiger partial charge in [-0.3, -0.25) is 13.9 Å². The average molecular weight is 657 g/mol. The second-order valence-electron chi connectivity index (χ2n) is 9.71. The number of carbonyl (C=O) groups is 2. The van der Waals surface area contributed by atoms with E-state index >= 15 is 0 Å². The Morgan fingerprint density at radius 1 is 1.02 bits per heavy atom. The third-order valence-corrected chi connectivity index (χ3v) is 9.49. The van der Waals surface area contributed by atoms with Gasteiger partial charge in [-0.25, -0.2) is 12.8 Å². The van der Waals surface area contributed by atoms with Crippen LogP contribution in [0.2, 0.25) is 0 Å². The van der Waals surface area contributed by atoms with Crippen LogP contribution in [0.15, 0.2) is 76.1 Å². The van der Waals surface area contributed by atoms with E-state index in [2.05, 4.69) is 21.2 Å². The molecule has 3 aromatic rings. The van der Waals surface area contributed by atoms with Crippen molar-refractivity contribution in [1.29, 1.82) is 0 Å². The highest BCUT2D eigenvalue weighted by atomic mass is 79.9. The molecule has 7 nitrogen and oxygen atoms in total. The molecule has 3 atom stereocenters. The first-order valence-electron chi connectivity index (χ1n) is 12.4. The molecule has 1 saturated carbocycles. The molecule has 0 radical (unpaired) electrons. The predicted octanol–water partition coefficient (Wildman–Crippen LogP) is 6.66. The lowest BCUT2D eigenvalue weighted by Gasteiger charge is -2.35. The highest BCUT2D eigenvalue weighted by Gasteiger charge is 2.43. The smallest absolute Gasteiger partial charge is 0.416 e. The van der Waals surface area contributed by atoms with Crippen LogP contribution >= 0.6 is 15.9 Å². The van der Waals surface area contributed by atoms with Gasteiger partial charge in [0, 0.05) is 11.5 Å². The van der Waals surface area contributed by atoms with Crippen molar-refractivity contribution < 1.29 is 40.7 Å². The number of rotatable bonds is 7. The number of carboxylic acid groups (broad SMARTS) is 1. The molecule has 1 amide bonds. The molecule has 0 spiro atoms. The van der Waals surface area contributed by atoms with Crippen molar-refractivity contribution in [2.45, 2.75) is 36.3 Å². The van der Waals surface area contributed by atoms with Gasteiger partial charge in [0.05, 0.1) is 33.7 Å². The highest BCUT2D eigenvalue weighted by Crippen LogP contribution is 2.43. The SMILES string of the molecule is CN(c1ccc([C@H]2CCC[C@@H](C(=O)Nc3ccc(C(F)(F)F)cc3F)[C@@H]2C(=O)O)cc1)S(=O)(=O)c1cccc(Br)c1. The summed E-state index contributed by atoms with van der Waals surface area (Å²) in [6.45, 7) is 0. The van der Waals surface area contributed by atoms with Gasteiger partial charge >= 0.3 is 12.1 Å². The lowest BCUT2D eigenvalue weighted by molar-refractivity contribution is -0.148. The minimum Gasteiger partial charge on any atom is -0.481 e. The molecule has 0 unspecified atom stereocenters. The van der Waals surface area contributed by atoms with Crippen molar-refractivity contribution in [2.24, 2.45) is 11.8 Å². The van der Waals surface area contributed by atoms with E-state index in [0.717, 1.165) is 10.4 Å². The van der Waals surface area contributed by atoms with Crippen molar-refractivity contribution >= 4 is 49.2 Å². The van der Waals surface area contributed by atoms with Gasteiger partial charge in [0.1, 0.15) is 5.82 Å². The van der Waals surface area contributed by atoms with Gasteiger partial charge in [-0.15, -0.1) is 0 Å². The standard InChI is InChI=1S/C28H25BrF4N2O5S/c1-35(41(39,40)20-5-2-4-18(29)15-20)19-11-8-16(9-12-19)21-6-3-7-22(25(21)27(37)38)26(36)34-24-13-10-17(14-23(24)30)28(31,32)33/h2,4-5,8-15,21-22,25H,3,6-7H2,1H3,(H,34,36)(H,37,38)/t21-,22-,25-/m1/s1. The second kappa shape index (κ2) is 11.8. The average Bonchev–Trinajstić information content (AvgIpc) is 2.92. The number of aliphatic carboxylic acids is 1. The lowest BCUT2D eigenvalue weighted by atomic mass is 9.69. The third-order valence-electron chi connectivity index (χ3n) is 7.21.